The Bertz CT molecular complexity index is 928. The van der Waals surface area contributed by atoms with Crippen molar-refractivity contribution in [2.45, 2.75) is 19.4 Å². The number of carbonyl (C=O) groups excluding carboxylic acids is 2. The number of hydrogen-bond donors (Lipinski definition) is 2. The predicted octanol–water partition coefficient (Wildman–Crippen LogP) is 1.80. The summed E-state index contributed by atoms with van der Waals surface area (Å²) in [6, 6.07) is 8.34. The Labute approximate surface area is 136 Å². The largest absolute Gasteiger partial charge is 0.417 e. The normalized spacial score (nSPS) is 10.7. The zero-order valence-electron chi connectivity index (χ0n) is 12.7. The van der Waals surface area contributed by atoms with Crippen LogP contribution in [0.3, 0.4) is 0 Å². The number of fused-ring (bicyclic) bond motifs is 1. The fourth-order valence-corrected chi connectivity index (χ4v) is 2.28. The fourth-order valence-electron chi connectivity index (χ4n) is 2.28. The van der Waals surface area contributed by atoms with Gasteiger partial charge in [-0.3, -0.25) is 19.6 Å². The molecule has 2 aromatic heterocycles. The van der Waals surface area contributed by atoms with Crippen LogP contribution in [0.1, 0.15) is 28.8 Å². The molecule has 7 nitrogen and oxygen atoms in total. The third-order valence-electron chi connectivity index (χ3n) is 3.56. The lowest BCUT2D eigenvalue weighted by molar-refractivity contribution is -0.121. The average molecular weight is 325 g/mol. The van der Waals surface area contributed by atoms with E-state index >= 15 is 0 Å². The van der Waals surface area contributed by atoms with Crippen molar-refractivity contribution in [1.29, 1.82) is 0 Å². The molecule has 1 amide bonds. The lowest BCUT2D eigenvalue weighted by Crippen LogP contribution is -2.23. The zero-order chi connectivity index (χ0) is 16.9. The van der Waals surface area contributed by atoms with Gasteiger partial charge < -0.3 is 9.73 Å². The first kappa shape index (κ1) is 15.7. The summed E-state index contributed by atoms with van der Waals surface area (Å²) < 4.78 is 4.92. The van der Waals surface area contributed by atoms with E-state index in [1.807, 2.05) is 12.1 Å². The molecule has 0 aliphatic heterocycles. The highest BCUT2D eigenvalue weighted by Crippen LogP contribution is 2.14. The van der Waals surface area contributed by atoms with Gasteiger partial charge in [0.25, 0.3) is 0 Å². The summed E-state index contributed by atoms with van der Waals surface area (Å²) >= 11 is 0. The molecule has 24 heavy (non-hydrogen) atoms. The van der Waals surface area contributed by atoms with Gasteiger partial charge in [0.05, 0.1) is 5.52 Å². The van der Waals surface area contributed by atoms with Crippen LogP contribution in [-0.4, -0.2) is 21.7 Å². The van der Waals surface area contributed by atoms with Gasteiger partial charge in [-0.15, -0.1) is 0 Å². The number of amides is 1. The van der Waals surface area contributed by atoms with E-state index in [0.717, 1.165) is 5.56 Å². The molecule has 0 saturated carbocycles. The second kappa shape index (κ2) is 6.91. The first-order valence-corrected chi connectivity index (χ1v) is 7.43. The Morgan fingerprint density at radius 3 is 2.71 bits per heavy atom. The van der Waals surface area contributed by atoms with Crippen molar-refractivity contribution < 1.29 is 14.0 Å². The van der Waals surface area contributed by atoms with E-state index in [1.54, 1.807) is 24.5 Å². The van der Waals surface area contributed by atoms with Gasteiger partial charge in [-0.2, -0.15) is 0 Å². The molecule has 3 aromatic rings. The Balaban J connectivity index is 1.54. The van der Waals surface area contributed by atoms with Crippen LogP contribution >= 0.6 is 0 Å². The summed E-state index contributed by atoms with van der Waals surface area (Å²) in [5.41, 5.74) is 2.21. The number of benzene rings is 1. The molecular weight excluding hydrogens is 310 g/mol. The van der Waals surface area contributed by atoms with E-state index < -0.39 is 5.76 Å². The summed E-state index contributed by atoms with van der Waals surface area (Å²) in [5, 5.41) is 2.75. The molecule has 0 radical (unpaired) electrons. The minimum absolute atomic E-state index is 0.0857. The quantitative estimate of drug-likeness (QED) is 0.672. The lowest BCUT2D eigenvalue weighted by Gasteiger charge is -2.05. The molecule has 2 heterocycles. The highest BCUT2D eigenvalue weighted by atomic mass is 16.4. The molecule has 2 N–H and O–H groups in total. The molecule has 3 rings (SSSR count). The highest BCUT2D eigenvalue weighted by molar-refractivity contribution is 6.00. The Morgan fingerprint density at radius 2 is 1.92 bits per heavy atom. The van der Waals surface area contributed by atoms with Crippen LogP contribution in [0.25, 0.3) is 11.1 Å². The van der Waals surface area contributed by atoms with Gasteiger partial charge >= 0.3 is 5.76 Å². The molecule has 122 valence electrons. The van der Waals surface area contributed by atoms with Gasteiger partial charge in [-0.25, -0.2) is 4.79 Å². The summed E-state index contributed by atoms with van der Waals surface area (Å²) in [5.74, 6) is -0.945. The van der Waals surface area contributed by atoms with Crippen LogP contribution in [-0.2, 0) is 11.3 Å². The summed E-state index contributed by atoms with van der Waals surface area (Å²) in [7, 11) is 0. The molecule has 0 fully saturated rings. The maximum Gasteiger partial charge on any atom is 0.417 e. The number of Topliss-reactive ketones (excluding diaryl/α,β-unsaturated/α-hetero) is 1. The first-order chi connectivity index (χ1) is 11.6. The molecule has 0 unspecified atom stereocenters. The third-order valence-corrected chi connectivity index (χ3v) is 3.56. The maximum atomic E-state index is 12.2. The van der Waals surface area contributed by atoms with Gasteiger partial charge in [0.15, 0.2) is 11.4 Å². The summed E-state index contributed by atoms with van der Waals surface area (Å²) in [6.07, 6.45) is 3.49. The first-order valence-electron chi connectivity index (χ1n) is 7.43. The number of nitrogens with zero attached hydrogens (tertiary/aromatic N) is 1. The zero-order valence-corrected chi connectivity index (χ0v) is 12.7. The Morgan fingerprint density at radius 1 is 1.12 bits per heavy atom. The molecule has 1 aromatic carbocycles. The summed E-state index contributed by atoms with van der Waals surface area (Å²) in [6.45, 7) is 0.399. The number of pyridine rings is 1. The summed E-state index contributed by atoms with van der Waals surface area (Å²) in [4.78, 5) is 41.5. The van der Waals surface area contributed by atoms with Gasteiger partial charge in [-0.1, -0.05) is 0 Å². The minimum atomic E-state index is -0.565. The number of oxazole rings is 1. The molecule has 0 bridgehead atoms. The van der Waals surface area contributed by atoms with Crippen molar-refractivity contribution in [2.24, 2.45) is 0 Å². The molecule has 0 atom stereocenters. The van der Waals surface area contributed by atoms with E-state index in [1.165, 1.54) is 6.07 Å². The molecular formula is C17H15N3O4. The fraction of sp³-hybridized carbons (Fsp3) is 0.176. The number of nitrogens with one attached hydrogen (secondary N) is 2. The number of ketones is 1. The number of aromatic nitrogens is 2. The van der Waals surface area contributed by atoms with Gasteiger partial charge in [0.2, 0.25) is 5.91 Å². The van der Waals surface area contributed by atoms with Crippen molar-refractivity contribution in [2.75, 3.05) is 0 Å². The van der Waals surface area contributed by atoms with Gasteiger partial charge in [0, 0.05) is 37.3 Å². The smallest absolute Gasteiger partial charge is 0.408 e. The van der Waals surface area contributed by atoms with E-state index in [0.29, 0.717) is 23.2 Å². The van der Waals surface area contributed by atoms with Gasteiger partial charge in [0.1, 0.15) is 0 Å². The average Bonchev–Trinajstić information content (AvgIpc) is 2.97. The number of aromatic amines is 1. The lowest BCUT2D eigenvalue weighted by atomic mass is 10.1. The highest BCUT2D eigenvalue weighted by Gasteiger charge is 2.11. The minimum Gasteiger partial charge on any atom is -0.408 e. The second-order valence-electron chi connectivity index (χ2n) is 5.28. The predicted molar refractivity (Wildman–Crippen MR) is 86.5 cm³/mol. The van der Waals surface area contributed by atoms with Crippen molar-refractivity contribution in [3.8, 4) is 0 Å². The standard InChI is InChI=1S/C17H15N3O4/c21-14(12-1-2-13-15(9-12)24-17(23)20-13)3-4-16(22)19-10-11-5-7-18-8-6-11/h1-2,5-9H,3-4,10H2,(H,19,22)(H,20,23). The van der Waals surface area contributed by atoms with Crippen LogP contribution < -0.4 is 11.1 Å². The number of hydrogen-bond acceptors (Lipinski definition) is 5. The molecule has 0 spiro atoms. The van der Waals surface area contributed by atoms with Crippen molar-refractivity contribution >= 4 is 22.8 Å². The maximum absolute atomic E-state index is 12.2. The third kappa shape index (κ3) is 3.75. The van der Waals surface area contributed by atoms with Crippen LogP contribution in [0, 0.1) is 0 Å². The van der Waals surface area contributed by atoms with Crippen molar-refractivity contribution in [3.63, 3.8) is 0 Å². The Hall–Kier alpha value is -3.22. The Kier molecular flexibility index (Phi) is 4.51. The van der Waals surface area contributed by atoms with Crippen LogP contribution in [0.15, 0.2) is 51.9 Å². The topological polar surface area (TPSA) is 105 Å². The molecule has 0 aliphatic rings. The van der Waals surface area contributed by atoms with E-state index in [2.05, 4.69) is 15.3 Å². The number of rotatable bonds is 6. The van der Waals surface area contributed by atoms with E-state index in [-0.39, 0.29) is 24.5 Å². The SMILES string of the molecule is O=C(CCC(=O)c1ccc2[nH]c(=O)oc2c1)NCc1ccncc1. The van der Waals surface area contributed by atoms with Crippen LogP contribution in [0.4, 0.5) is 0 Å². The number of carbonyl (C=O) groups is 2. The van der Waals surface area contributed by atoms with E-state index in [4.69, 9.17) is 4.42 Å². The van der Waals surface area contributed by atoms with Crippen molar-refractivity contribution in [1.82, 2.24) is 15.3 Å². The van der Waals surface area contributed by atoms with Gasteiger partial charge in [-0.05, 0) is 35.9 Å². The second-order valence-corrected chi connectivity index (χ2v) is 5.28. The van der Waals surface area contributed by atoms with Crippen LogP contribution in [0.5, 0.6) is 0 Å². The molecule has 7 heteroatoms. The van der Waals surface area contributed by atoms with Crippen molar-refractivity contribution in [3.05, 3.63) is 64.4 Å². The molecule has 0 saturated heterocycles. The van der Waals surface area contributed by atoms with E-state index in [9.17, 15) is 14.4 Å². The number of H-pyrrole nitrogens is 1. The molecule has 0 aliphatic carbocycles. The monoisotopic (exact) mass is 325 g/mol. The van der Waals surface area contributed by atoms with Crippen LogP contribution in [0.2, 0.25) is 0 Å².